The number of sulfonamides is 1. The number of anilines is 1. The molecule has 0 aliphatic heterocycles. The zero-order valence-electron chi connectivity index (χ0n) is 14.9. The highest BCUT2D eigenvalue weighted by Crippen LogP contribution is 2.28. The lowest BCUT2D eigenvalue weighted by atomic mass is 9.98. The lowest BCUT2D eigenvalue weighted by molar-refractivity contribution is 0.414. The van der Waals surface area contributed by atoms with Gasteiger partial charge in [-0.2, -0.15) is 0 Å². The van der Waals surface area contributed by atoms with Crippen molar-refractivity contribution in [3.05, 3.63) is 72.1 Å². The van der Waals surface area contributed by atoms with Crippen LogP contribution < -0.4 is 9.46 Å². The molecule has 0 aliphatic carbocycles. The number of benzene rings is 2. The van der Waals surface area contributed by atoms with E-state index in [0.717, 1.165) is 22.3 Å². The molecule has 0 aliphatic rings. The van der Waals surface area contributed by atoms with Crippen LogP contribution in [0.25, 0.3) is 11.1 Å². The Morgan fingerprint density at radius 3 is 2.27 bits per heavy atom. The number of hydrogen-bond acceptors (Lipinski definition) is 4. The van der Waals surface area contributed by atoms with Gasteiger partial charge in [0.25, 0.3) is 10.0 Å². The maximum Gasteiger partial charge on any atom is 0.261 e. The number of ether oxygens (including phenoxy) is 1. The molecule has 3 rings (SSSR count). The number of aryl methyl sites for hydroxylation is 2. The third-order valence-electron chi connectivity index (χ3n) is 4.18. The molecule has 3 aromatic rings. The van der Waals surface area contributed by atoms with Crippen LogP contribution in [0, 0.1) is 13.8 Å². The normalized spacial score (nSPS) is 11.2. The van der Waals surface area contributed by atoms with Gasteiger partial charge in [0.2, 0.25) is 0 Å². The maximum absolute atomic E-state index is 12.6. The van der Waals surface area contributed by atoms with Crippen molar-refractivity contribution in [1.29, 1.82) is 0 Å². The van der Waals surface area contributed by atoms with E-state index >= 15 is 0 Å². The van der Waals surface area contributed by atoms with Gasteiger partial charge in [0.1, 0.15) is 5.75 Å². The third kappa shape index (κ3) is 3.70. The van der Waals surface area contributed by atoms with Gasteiger partial charge in [-0.1, -0.05) is 6.07 Å². The zero-order valence-corrected chi connectivity index (χ0v) is 15.7. The summed E-state index contributed by atoms with van der Waals surface area (Å²) in [6.07, 6.45) is 3.57. The van der Waals surface area contributed by atoms with E-state index in [4.69, 9.17) is 4.74 Å². The lowest BCUT2D eigenvalue weighted by Crippen LogP contribution is -2.13. The van der Waals surface area contributed by atoms with Gasteiger partial charge in [0.15, 0.2) is 0 Å². The van der Waals surface area contributed by atoms with Crippen LogP contribution in [0.2, 0.25) is 0 Å². The van der Waals surface area contributed by atoms with Gasteiger partial charge in [-0.25, -0.2) is 8.42 Å². The first kappa shape index (κ1) is 17.9. The first-order valence-electron chi connectivity index (χ1n) is 8.09. The minimum Gasteiger partial charge on any atom is -0.497 e. The highest BCUT2D eigenvalue weighted by molar-refractivity contribution is 7.92. The summed E-state index contributed by atoms with van der Waals surface area (Å²) in [4.78, 5) is 4.36. The molecule has 0 atom stereocenters. The Bertz CT molecular complexity index is 1030. The van der Waals surface area contributed by atoms with E-state index in [1.54, 1.807) is 24.4 Å². The van der Waals surface area contributed by atoms with E-state index in [-0.39, 0.29) is 4.90 Å². The van der Waals surface area contributed by atoms with Crippen molar-refractivity contribution in [3.8, 4) is 16.9 Å². The van der Waals surface area contributed by atoms with Crippen molar-refractivity contribution in [2.75, 3.05) is 11.8 Å². The second-order valence-corrected chi connectivity index (χ2v) is 7.68. The molecule has 0 saturated carbocycles. The smallest absolute Gasteiger partial charge is 0.261 e. The van der Waals surface area contributed by atoms with Gasteiger partial charge in [-0.15, -0.1) is 0 Å². The third-order valence-corrected chi connectivity index (χ3v) is 5.57. The van der Waals surface area contributed by atoms with Crippen LogP contribution in [-0.2, 0) is 10.0 Å². The molecule has 0 bridgehead atoms. The highest BCUT2D eigenvalue weighted by atomic mass is 32.2. The Balaban J connectivity index is 1.88. The van der Waals surface area contributed by atoms with E-state index < -0.39 is 10.0 Å². The molecule has 0 radical (unpaired) electrons. The van der Waals surface area contributed by atoms with Crippen LogP contribution in [0.4, 0.5) is 5.69 Å². The predicted molar refractivity (Wildman–Crippen MR) is 103 cm³/mol. The maximum atomic E-state index is 12.6. The van der Waals surface area contributed by atoms with Gasteiger partial charge in [-0.3, -0.25) is 9.71 Å². The molecule has 1 heterocycles. The predicted octanol–water partition coefficient (Wildman–Crippen LogP) is 4.17. The van der Waals surface area contributed by atoms with E-state index in [0.29, 0.717) is 11.4 Å². The SMILES string of the molecule is COc1ccc(S(=O)(=O)Nc2ccc(-c3cnccc3C)c(C)c2)cc1. The molecule has 26 heavy (non-hydrogen) atoms. The monoisotopic (exact) mass is 368 g/mol. The number of nitrogens with zero attached hydrogens (tertiary/aromatic N) is 1. The molecule has 2 aromatic carbocycles. The van der Waals surface area contributed by atoms with Crippen molar-refractivity contribution >= 4 is 15.7 Å². The summed E-state index contributed by atoms with van der Waals surface area (Å²) in [6.45, 7) is 3.98. The molecular weight excluding hydrogens is 348 g/mol. The number of pyridine rings is 1. The van der Waals surface area contributed by atoms with Crippen molar-refractivity contribution in [1.82, 2.24) is 4.98 Å². The molecule has 0 spiro atoms. The van der Waals surface area contributed by atoms with Crippen LogP contribution in [0.5, 0.6) is 5.75 Å². The molecule has 0 amide bonds. The first-order valence-corrected chi connectivity index (χ1v) is 9.57. The second kappa shape index (κ2) is 7.17. The van der Waals surface area contributed by atoms with Gasteiger partial charge >= 0.3 is 0 Å². The average molecular weight is 368 g/mol. The van der Waals surface area contributed by atoms with Crippen molar-refractivity contribution in [3.63, 3.8) is 0 Å². The molecule has 0 saturated heterocycles. The minimum atomic E-state index is -3.66. The molecule has 0 unspecified atom stereocenters. The van der Waals surface area contributed by atoms with Gasteiger partial charge in [0, 0.05) is 23.6 Å². The summed E-state index contributed by atoms with van der Waals surface area (Å²) in [5.74, 6) is 0.607. The van der Waals surface area contributed by atoms with Crippen molar-refractivity contribution < 1.29 is 13.2 Å². The van der Waals surface area contributed by atoms with E-state index in [9.17, 15) is 8.42 Å². The van der Waals surface area contributed by atoms with Crippen molar-refractivity contribution in [2.45, 2.75) is 18.7 Å². The molecule has 1 N–H and O–H groups in total. The molecule has 1 aromatic heterocycles. The number of methoxy groups -OCH3 is 1. The molecule has 134 valence electrons. The van der Waals surface area contributed by atoms with Gasteiger partial charge < -0.3 is 4.74 Å². The minimum absolute atomic E-state index is 0.183. The van der Waals surface area contributed by atoms with Gasteiger partial charge in [0.05, 0.1) is 12.0 Å². The highest BCUT2D eigenvalue weighted by Gasteiger charge is 2.15. The zero-order chi connectivity index (χ0) is 18.7. The second-order valence-electron chi connectivity index (χ2n) is 6.00. The van der Waals surface area contributed by atoms with Crippen LogP contribution in [0.15, 0.2) is 65.8 Å². The van der Waals surface area contributed by atoms with Crippen LogP contribution >= 0.6 is 0 Å². The fourth-order valence-corrected chi connectivity index (χ4v) is 3.79. The Hall–Kier alpha value is -2.86. The molecule has 0 fully saturated rings. The van der Waals surface area contributed by atoms with Crippen LogP contribution in [0.1, 0.15) is 11.1 Å². The summed E-state index contributed by atoms with van der Waals surface area (Å²) in [6, 6.07) is 13.7. The summed E-state index contributed by atoms with van der Waals surface area (Å²) in [7, 11) is -2.12. The molecule has 5 nitrogen and oxygen atoms in total. The topological polar surface area (TPSA) is 68.3 Å². The summed E-state index contributed by atoms with van der Waals surface area (Å²) in [5, 5.41) is 0. The Morgan fingerprint density at radius 1 is 0.923 bits per heavy atom. The van der Waals surface area contributed by atoms with Crippen LogP contribution in [0.3, 0.4) is 0 Å². The fourth-order valence-electron chi connectivity index (χ4n) is 2.74. The largest absolute Gasteiger partial charge is 0.497 e. The summed E-state index contributed by atoms with van der Waals surface area (Å²) in [5.41, 5.74) is 4.67. The standard InChI is InChI=1S/C20H20N2O3S/c1-14-10-11-21-13-20(14)19-9-4-16(12-15(19)2)22-26(23,24)18-7-5-17(25-3)6-8-18/h4-13,22H,1-3H3. The van der Waals surface area contributed by atoms with Crippen LogP contribution in [-0.4, -0.2) is 20.5 Å². The first-order chi connectivity index (χ1) is 12.4. The molecular formula is C20H20N2O3S. The fraction of sp³-hybridized carbons (Fsp3) is 0.150. The number of rotatable bonds is 5. The van der Waals surface area contributed by atoms with E-state index in [2.05, 4.69) is 9.71 Å². The van der Waals surface area contributed by atoms with E-state index in [1.165, 1.54) is 19.2 Å². The Labute approximate surface area is 153 Å². The summed E-state index contributed by atoms with van der Waals surface area (Å²) >= 11 is 0. The molecule has 6 heteroatoms. The number of hydrogen-bond donors (Lipinski definition) is 1. The Morgan fingerprint density at radius 2 is 1.65 bits per heavy atom. The van der Waals surface area contributed by atoms with E-state index in [1.807, 2.05) is 38.2 Å². The lowest BCUT2D eigenvalue weighted by Gasteiger charge is -2.13. The quantitative estimate of drug-likeness (QED) is 0.734. The van der Waals surface area contributed by atoms with Crippen molar-refractivity contribution in [2.24, 2.45) is 0 Å². The number of nitrogens with one attached hydrogen (secondary N) is 1. The van der Waals surface area contributed by atoms with Gasteiger partial charge in [-0.05, 0) is 73.0 Å². The average Bonchev–Trinajstić information content (AvgIpc) is 2.62. The Kier molecular flexibility index (Phi) is 4.95. The number of aromatic nitrogens is 1. The summed E-state index contributed by atoms with van der Waals surface area (Å²) < 4.78 is 32.8.